The van der Waals surface area contributed by atoms with E-state index in [1.165, 1.54) is 22.9 Å². The van der Waals surface area contributed by atoms with Crippen LogP contribution in [-0.2, 0) is 16.6 Å². The molecule has 138 valence electrons. The molecule has 0 atom stereocenters. The van der Waals surface area contributed by atoms with Gasteiger partial charge in [-0.15, -0.1) is 0 Å². The number of hydrogen-bond donors (Lipinski definition) is 1. The van der Waals surface area contributed by atoms with Gasteiger partial charge in [0, 0.05) is 11.6 Å². The predicted octanol–water partition coefficient (Wildman–Crippen LogP) is 4.57. The van der Waals surface area contributed by atoms with Crippen molar-refractivity contribution in [2.24, 2.45) is 0 Å². The van der Waals surface area contributed by atoms with Crippen LogP contribution in [0.15, 0.2) is 59.5 Å². The van der Waals surface area contributed by atoms with Crippen molar-refractivity contribution < 1.29 is 8.42 Å². The molecule has 0 unspecified atom stereocenters. The van der Waals surface area contributed by atoms with Gasteiger partial charge in [-0.05, 0) is 18.2 Å². The van der Waals surface area contributed by atoms with Gasteiger partial charge in [0.05, 0.1) is 39.7 Å². The fourth-order valence-electron chi connectivity index (χ4n) is 2.42. The standard InChI is InChI=1S/C18H14Cl2N4O2S/c19-15-8-7-14(11-16(15)20)27(25,26)23-18-12-17(13-5-2-1-3-6-13)22-24(18)10-4-9-21/h1-3,5-8,11-12,23H,4,10H2. The van der Waals surface area contributed by atoms with Crippen LogP contribution < -0.4 is 4.72 Å². The predicted molar refractivity (Wildman–Crippen MR) is 105 cm³/mol. The number of nitrogens with one attached hydrogen (secondary N) is 1. The molecule has 0 amide bonds. The number of aromatic nitrogens is 2. The van der Waals surface area contributed by atoms with Crippen molar-refractivity contribution in [3.8, 4) is 17.3 Å². The molecule has 6 nitrogen and oxygen atoms in total. The zero-order chi connectivity index (χ0) is 19.4. The first kappa shape index (κ1) is 19.2. The van der Waals surface area contributed by atoms with Crippen LogP contribution in [0.3, 0.4) is 0 Å². The van der Waals surface area contributed by atoms with Crippen molar-refractivity contribution in [2.75, 3.05) is 4.72 Å². The van der Waals surface area contributed by atoms with Crippen LogP contribution in [0.1, 0.15) is 6.42 Å². The minimum atomic E-state index is -3.91. The Bertz CT molecular complexity index is 1110. The zero-order valence-electron chi connectivity index (χ0n) is 13.9. The summed E-state index contributed by atoms with van der Waals surface area (Å²) in [5.41, 5.74) is 1.43. The molecule has 0 saturated carbocycles. The molecule has 0 spiro atoms. The van der Waals surface area contributed by atoms with Gasteiger partial charge < -0.3 is 0 Å². The van der Waals surface area contributed by atoms with Crippen molar-refractivity contribution >= 4 is 39.0 Å². The van der Waals surface area contributed by atoms with E-state index in [0.717, 1.165) is 5.56 Å². The van der Waals surface area contributed by atoms with Crippen molar-refractivity contribution in [3.05, 3.63) is 64.6 Å². The van der Waals surface area contributed by atoms with E-state index in [1.54, 1.807) is 6.07 Å². The average Bonchev–Trinajstić information content (AvgIpc) is 3.05. The number of anilines is 1. The number of halogens is 2. The van der Waals surface area contributed by atoms with E-state index in [9.17, 15) is 8.42 Å². The number of aryl methyl sites for hydroxylation is 1. The highest BCUT2D eigenvalue weighted by Crippen LogP contribution is 2.27. The first-order chi connectivity index (χ1) is 12.9. The lowest BCUT2D eigenvalue weighted by Gasteiger charge is -2.10. The highest BCUT2D eigenvalue weighted by Gasteiger charge is 2.19. The molecule has 3 rings (SSSR count). The van der Waals surface area contributed by atoms with Gasteiger partial charge in [0.25, 0.3) is 10.0 Å². The first-order valence-electron chi connectivity index (χ1n) is 7.89. The van der Waals surface area contributed by atoms with Crippen molar-refractivity contribution in [3.63, 3.8) is 0 Å². The third kappa shape index (κ3) is 4.42. The molecule has 1 aromatic heterocycles. The summed E-state index contributed by atoms with van der Waals surface area (Å²) in [6.07, 6.45) is 0.192. The molecular formula is C18H14Cl2N4O2S. The topological polar surface area (TPSA) is 87.8 Å². The van der Waals surface area contributed by atoms with E-state index in [1.807, 2.05) is 36.4 Å². The fraction of sp³-hybridized carbons (Fsp3) is 0.111. The monoisotopic (exact) mass is 420 g/mol. The van der Waals surface area contributed by atoms with Crippen LogP contribution >= 0.6 is 23.2 Å². The average molecular weight is 421 g/mol. The van der Waals surface area contributed by atoms with E-state index < -0.39 is 10.0 Å². The van der Waals surface area contributed by atoms with Crippen LogP contribution in [0, 0.1) is 11.3 Å². The van der Waals surface area contributed by atoms with Crippen molar-refractivity contribution in [1.82, 2.24) is 9.78 Å². The Balaban J connectivity index is 1.98. The molecule has 9 heteroatoms. The maximum Gasteiger partial charge on any atom is 0.263 e. The van der Waals surface area contributed by atoms with Crippen LogP contribution in [0.5, 0.6) is 0 Å². The van der Waals surface area contributed by atoms with E-state index >= 15 is 0 Å². The van der Waals surface area contributed by atoms with E-state index in [2.05, 4.69) is 9.82 Å². The van der Waals surface area contributed by atoms with Gasteiger partial charge in [-0.25, -0.2) is 13.1 Å². The van der Waals surface area contributed by atoms with Crippen molar-refractivity contribution in [2.45, 2.75) is 17.9 Å². The summed E-state index contributed by atoms with van der Waals surface area (Å²) in [6, 6.07) is 17.1. The minimum absolute atomic E-state index is 0.0220. The highest BCUT2D eigenvalue weighted by atomic mass is 35.5. The normalized spacial score (nSPS) is 11.1. The lowest BCUT2D eigenvalue weighted by molar-refractivity contribution is 0.597. The Morgan fingerprint density at radius 3 is 2.48 bits per heavy atom. The lowest BCUT2D eigenvalue weighted by Crippen LogP contribution is -2.16. The molecule has 0 aliphatic carbocycles. The summed E-state index contributed by atoms with van der Waals surface area (Å²) in [6.45, 7) is 0.253. The Kier molecular flexibility index (Phi) is 5.71. The minimum Gasteiger partial charge on any atom is -0.264 e. The van der Waals surface area contributed by atoms with Gasteiger partial charge in [0.1, 0.15) is 5.82 Å². The molecule has 0 bridgehead atoms. The maximum atomic E-state index is 12.7. The van der Waals surface area contributed by atoms with E-state index in [-0.39, 0.29) is 33.7 Å². The Morgan fingerprint density at radius 1 is 1.07 bits per heavy atom. The van der Waals surface area contributed by atoms with Crippen LogP contribution in [0.4, 0.5) is 5.82 Å². The first-order valence-corrected chi connectivity index (χ1v) is 10.1. The van der Waals surface area contributed by atoms with Crippen LogP contribution in [0.25, 0.3) is 11.3 Å². The molecule has 27 heavy (non-hydrogen) atoms. The third-order valence-electron chi connectivity index (χ3n) is 3.73. The summed E-state index contributed by atoms with van der Waals surface area (Å²) < 4.78 is 29.4. The number of nitrogens with zero attached hydrogens (tertiary/aromatic N) is 3. The van der Waals surface area contributed by atoms with Gasteiger partial charge >= 0.3 is 0 Å². The summed E-state index contributed by atoms with van der Waals surface area (Å²) in [7, 11) is -3.91. The molecule has 0 radical (unpaired) electrons. The second-order valence-corrected chi connectivity index (χ2v) is 8.09. The molecule has 2 aromatic carbocycles. The third-order valence-corrected chi connectivity index (χ3v) is 5.82. The van der Waals surface area contributed by atoms with E-state index in [0.29, 0.717) is 5.69 Å². The van der Waals surface area contributed by atoms with Gasteiger partial charge in [-0.2, -0.15) is 10.4 Å². The summed E-state index contributed by atoms with van der Waals surface area (Å²) in [5.74, 6) is 0.259. The molecule has 0 aliphatic heterocycles. The van der Waals surface area contributed by atoms with Gasteiger partial charge in [-0.3, -0.25) is 4.72 Å². The highest BCUT2D eigenvalue weighted by molar-refractivity contribution is 7.92. The molecule has 0 saturated heterocycles. The number of benzene rings is 2. The smallest absolute Gasteiger partial charge is 0.263 e. The summed E-state index contributed by atoms with van der Waals surface area (Å²) in [4.78, 5) is -0.0220. The number of hydrogen-bond acceptors (Lipinski definition) is 4. The Hall–Kier alpha value is -2.53. The SMILES string of the molecule is N#CCCn1nc(-c2ccccc2)cc1NS(=O)(=O)c1ccc(Cl)c(Cl)c1. The van der Waals surface area contributed by atoms with Crippen LogP contribution in [-0.4, -0.2) is 18.2 Å². The van der Waals surface area contributed by atoms with Crippen molar-refractivity contribution in [1.29, 1.82) is 5.26 Å². The second kappa shape index (κ2) is 8.01. The lowest BCUT2D eigenvalue weighted by atomic mass is 10.2. The molecule has 1 N–H and O–H groups in total. The number of nitriles is 1. The molecule has 1 heterocycles. The largest absolute Gasteiger partial charge is 0.264 e. The molecule has 0 aliphatic rings. The molecule has 0 fully saturated rings. The maximum absolute atomic E-state index is 12.7. The Labute approximate surface area is 167 Å². The quantitative estimate of drug-likeness (QED) is 0.632. The summed E-state index contributed by atoms with van der Waals surface area (Å²) >= 11 is 11.8. The second-order valence-electron chi connectivity index (χ2n) is 5.59. The van der Waals surface area contributed by atoms with Gasteiger partial charge in [0.15, 0.2) is 0 Å². The van der Waals surface area contributed by atoms with Crippen LogP contribution in [0.2, 0.25) is 10.0 Å². The molecular weight excluding hydrogens is 407 g/mol. The Morgan fingerprint density at radius 2 is 1.81 bits per heavy atom. The van der Waals surface area contributed by atoms with E-state index in [4.69, 9.17) is 28.5 Å². The molecule has 3 aromatic rings. The fourth-order valence-corrected chi connectivity index (χ4v) is 3.86. The van der Waals surface area contributed by atoms with Gasteiger partial charge in [0.2, 0.25) is 0 Å². The number of rotatable bonds is 6. The summed E-state index contributed by atoms with van der Waals surface area (Å²) in [5, 5.41) is 13.7. The van der Waals surface area contributed by atoms with Gasteiger partial charge in [-0.1, -0.05) is 53.5 Å². The number of sulfonamides is 1. The zero-order valence-corrected chi connectivity index (χ0v) is 16.3.